The number of hydrogen-bond donors (Lipinski definition) is 1. The molecule has 2 aromatic carbocycles. The first-order valence-electron chi connectivity index (χ1n) is 10.0. The zero-order chi connectivity index (χ0) is 19.1. The molecule has 0 aliphatic carbocycles. The van der Waals surface area contributed by atoms with Crippen LogP contribution in [0.25, 0.3) is 0 Å². The Kier molecular flexibility index (Phi) is 7.13. The molecular formula is C23H32N2O2. The summed E-state index contributed by atoms with van der Waals surface area (Å²) >= 11 is 0. The number of hydrogen-bond acceptors (Lipinski definition) is 4. The highest BCUT2D eigenvalue weighted by atomic mass is 16.5. The number of fused-ring (bicyclic) bond motifs is 1. The second-order valence-electron chi connectivity index (χ2n) is 7.42. The molecule has 1 heterocycles. The zero-order valence-corrected chi connectivity index (χ0v) is 16.8. The van der Waals surface area contributed by atoms with Gasteiger partial charge in [-0.1, -0.05) is 31.5 Å². The molecule has 0 bridgehead atoms. The Balaban J connectivity index is 1.73. The first kappa shape index (κ1) is 19.7. The van der Waals surface area contributed by atoms with Crippen molar-refractivity contribution in [2.45, 2.75) is 32.2 Å². The van der Waals surface area contributed by atoms with E-state index >= 15 is 0 Å². The van der Waals surface area contributed by atoms with Crippen molar-refractivity contribution in [1.82, 2.24) is 10.2 Å². The Morgan fingerprint density at radius 3 is 2.67 bits per heavy atom. The van der Waals surface area contributed by atoms with E-state index in [9.17, 15) is 0 Å². The van der Waals surface area contributed by atoms with E-state index in [4.69, 9.17) is 9.47 Å². The van der Waals surface area contributed by atoms with Crippen molar-refractivity contribution >= 4 is 0 Å². The van der Waals surface area contributed by atoms with E-state index in [2.05, 4.69) is 67.6 Å². The highest BCUT2D eigenvalue weighted by Crippen LogP contribution is 2.32. The maximum Gasteiger partial charge on any atom is 0.119 e. The van der Waals surface area contributed by atoms with Gasteiger partial charge in [-0.2, -0.15) is 0 Å². The van der Waals surface area contributed by atoms with Crippen molar-refractivity contribution in [2.75, 3.05) is 40.4 Å². The molecule has 0 fully saturated rings. The van der Waals surface area contributed by atoms with Crippen molar-refractivity contribution in [3.8, 4) is 11.5 Å². The summed E-state index contributed by atoms with van der Waals surface area (Å²) in [5, 5.41) is 3.66. The number of ether oxygens (including phenoxy) is 2. The van der Waals surface area contributed by atoms with Crippen LogP contribution in [0.2, 0.25) is 0 Å². The fourth-order valence-electron chi connectivity index (χ4n) is 3.39. The molecule has 0 aromatic heterocycles. The van der Waals surface area contributed by atoms with Crippen LogP contribution in [0.1, 0.15) is 42.5 Å². The molecule has 1 aliphatic rings. The van der Waals surface area contributed by atoms with Gasteiger partial charge in [0.2, 0.25) is 0 Å². The summed E-state index contributed by atoms with van der Waals surface area (Å²) in [4.78, 5) is 2.13. The molecular weight excluding hydrogens is 336 g/mol. The monoisotopic (exact) mass is 368 g/mol. The highest BCUT2D eigenvalue weighted by Gasteiger charge is 2.22. The van der Waals surface area contributed by atoms with Gasteiger partial charge in [0, 0.05) is 13.1 Å². The van der Waals surface area contributed by atoms with Gasteiger partial charge in [0.25, 0.3) is 0 Å². The van der Waals surface area contributed by atoms with Gasteiger partial charge < -0.3 is 19.7 Å². The van der Waals surface area contributed by atoms with E-state index in [1.165, 1.54) is 16.7 Å². The van der Waals surface area contributed by atoms with Gasteiger partial charge in [0.1, 0.15) is 18.1 Å². The molecule has 0 saturated heterocycles. The fraction of sp³-hybridized carbons (Fsp3) is 0.478. The van der Waals surface area contributed by atoms with Crippen molar-refractivity contribution in [1.29, 1.82) is 0 Å². The van der Waals surface area contributed by atoms with Gasteiger partial charge in [0.05, 0.1) is 12.6 Å². The largest absolute Gasteiger partial charge is 0.494 e. The van der Waals surface area contributed by atoms with Gasteiger partial charge in [-0.15, -0.1) is 0 Å². The van der Waals surface area contributed by atoms with E-state index < -0.39 is 0 Å². The topological polar surface area (TPSA) is 33.7 Å². The minimum atomic E-state index is 0.208. The third-order valence-electron chi connectivity index (χ3n) is 4.93. The summed E-state index contributed by atoms with van der Waals surface area (Å²) in [7, 11) is 4.12. The van der Waals surface area contributed by atoms with E-state index in [-0.39, 0.29) is 6.04 Å². The molecule has 1 unspecified atom stereocenters. The van der Waals surface area contributed by atoms with Gasteiger partial charge in [-0.25, -0.2) is 0 Å². The minimum absolute atomic E-state index is 0.208. The molecule has 4 heteroatoms. The maximum atomic E-state index is 5.92. The molecule has 146 valence electrons. The number of likely N-dealkylation sites (N-methyl/N-ethyl adjacent to an activating group) is 1. The molecule has 1 atom stereocenters. The smallest absolute Gasteiger partial charge is 0.119 e. The Bertz CT molecular complexity index is 730. The molecule has 3 rings (SSSR count). The Morgan fingerprint density at radius 2 is 1.85 bits per heavy atom. The van der Waals surface area contributed by atoms with Crippen molar-refractivity contribution in [3.05, 3.63) is 59.2 Å². The molecule has 0 spiro atoms. The molecule has 27 heavy (non-hydrogen) atoms. The van der Waals surface area contributed by atoms with Crippen LogP contribution in [0.4, 0.5) is 0 Å². The van der Waals surface area contributed by atoms with Gasteiger partial charge >= 0.3 is 0 Å². The minimum Gasteiger partial charge on any atom is -0.494 e. The van der Waals surface area contributed by atoms with E-state index in [0.717, 1.165) is 50.5 Å². The summed E-state index contributed by atoms with van der Waals surface area (Å²) < 4.78 is 11.8. The number of nitrogens with one attached hydrogen (secondary N) is 1. The molecule has 4 nitrogen and oxygen atoms in total. The van der Waals surface area contributed by atoms with Crippen molar-refractivity contribution in [3.63, 3.8) is 0 Å². The van der Waals surface area contributed by atoms with Crippen molar-refractivity contribution < 1.29 is 9.47 Å². The SMILES string of the molecule is CCCCOc1cccc(C2NCCc3cc(OCCN(C)C)ccc32)c1. The first-order chi connectivity index (χ1) is 13.2. The first-order valence-corrected chi connectivity index (χ1v) is 10.0. The Morgan fingerprint density at radius 1 is 1.04 bits per heavy atom. The second kappa shape index (κ2) is 9.77. The van der Waals surface area contributed by atoms with Crippen LogP contribution in [0, 0.1) is 0 Å². The summed E-state index contributed by atoms with van der Waals surface area (Å²) in [6.07, 6.45) is 3.27. The number of rotatable bonds is 9. The van der Waals surface area contributed by atoms with Crippen LogP contribution in [0.15, 0.2) is 42.5 Å². The van der Waals surface area contributed by atoms with Gasteiger partial charge in [-0.05, 0) is 67.9 Å². The Hall–Kier alpha value is -2.04. The number of unbranched alkanes of at least 4 members (excludes halogenated alkanes) is 1. The average Bonchev–Trinajstić information content (AvgIpc) is 2.67. The van der Waals surface area contributed by atoms with Crippen LogP contribution in [-0.2, 0) is 6.42 Å². The Labute approximate surface area is 163 Å². The van der Waals surface area contributed by atoms with Gasteiger partial charge in [0.15, 0.2) is 0 Å². The number of benzene rings is 2. The number of nitrogens with zero attached hydrogens (tertiary/aromatic N) is 1. The van der Waals surface area contributed by atoms with Crippen LogP contribution < -0.4 is 14.8 Å². The quantitative estimate of drug-likeness (QED) is 0.677. The van der Waals surface area contributed by atoms with Crippen LogP contribution in [-0.4, -0.2) is 45.3 Å². The molecule has 0 saturated carbocycles. The third kappa shape index (κ3) is 5.47. The fourth-order valence-corrected chi connectivity index (χ4v) is 3.39. The third-order valence-corrected chi connectivity index (χ3v) is 4.93. The van der Waals surface area contributed by atoms with Gasteiger partial charge in [-0.3, -0.25) is 0 Å². The predicted octanol–water partition coefficient (Wildman–Crippen LogP) is 4.04. The molecule has 1 aliphatic heterocycles. The normalized spacial score (nSPS) is 16.2. The molecule has 1 N–H and O–H groups in total. The lowest BCUT2D eigenvalue weighted by molar-refractivity contribution is 0.261. The summed E-state index contributed by atoms with van der Waals surface area (Å²) in [6, 6.07) is 15.2. The second-order valence-corrected chi connectivity index (χ2v) is 7.42. The van der Waals surface area contributed by atoms with E-state index in [1.54, 1.807) is 0 Å². The standard InChI is InChI=1S/C23H32N2O2/c1-4-5-14-26-20-8-6-7-19(17-20)23-22-10-9-21(27-15-13-25(2)3)16-18(22)11-12-24-23/h6-10,16-17,23-24H,4-5,11-15H2,1-3H3. The lowest BCUT2D eigenvalue weighted by atomic mass is 9.89. The van der Waals surface area contributed by atoms with Crippen LogP contribution in [0.3, 0.4) is 0 Å². The average molecular weight is 369 g/mol. The summed E-state index contributed by atoms with van der Waals surface area (Å²) in [5.41, 5.74) is 3.97. The van der Waals surface area contributed by atoms with E-state index in [0.29, 0.717) is 6.61 Å². The molecule has 0 amide bonds. The predicted molar refractivity (Wildman–Crippen MR) is 111 cm³/mol. The van der Waals surface area contributed by atoms with E-state index in [1.807, 2.05) is 6.07 Å². The van der Waals surface area contributed by atoms with Crippen LogP contribution in [0.5, 0.6) is 11.5 Å². The molecule has 2 aromatic rings. The molecule has 0 radical (unpaired) electrons. The van der Waals surface area contributed by atoms with Crippen LogP contribution >= 0.6 is 0 Å². The summed E-state index contributed by atoms with van der Waals surface area (Å²) in [6.45, 7) is 5.57. The van der Waals surface area contributed by atoms with Crippen molar-refractivity contribution in [2.24, 2.45) is 0 Å². The zero-order valence-electron chi connectivity index (χ0n) is 16.8. The lowest BCUT2D eigenvalue weighted by Crippen LogP contribution is -2.30. The highest BCUT2D eigenvalue weighted by molar-refractivity contribution is 5.45. The lowest BCUT2D eigenvalue weighted by Gasteiger charge is -2.28. The summed E-state index contributed by atoms with van der Waals surface area (Å²) in [5.74, 6) is 1.92. The maximum absolute atomic E-state index is 5.92.